The van der Waals surface area contributed by atoms with Crippen LogP contribution in [0.15, 0.2) is 35.2 Å². The predicted octanol–water partition coefficient (Wildman–Crippen LogP) is 4.47. The van der Waals surface area contributed by atoms with Crippen molar-refractivity contribution in [1.29, 1.82) is 0 Å². The van der Waals surface area contributed by atoms with E-state index in [0.717, 1.165) is 6.61 Å². The molecule has 2 fully saturated rings. The highest BCUT2D eigenvalue weighted by Crippen LogP contribution is 2.45. The lowest BCUT2D eigenvalue weighted by molar-refractivity contribution is -0.0782. The zero-order valence-electron chi connectivity index (χ0n) is 10.8. The molecule has 1 nitrogen and oxygen atoms in total. The second-order valence-corrected chi connectivity index (χ2v) is 6.66. The molecule has 1 heterocycles. The first-order chi connectivity index (χ1) is 8.89. The Morgan fingerprint density at radius 3 is 2.61 bits per heavy atom. The maximum absolute atomic E-state index is 6.21. The molecule has 0 unspecified atom stereocenters. The lowest BCUT2D eigenvalue weighted by atomic mass is 9.79. The summed E-state index contributed by atoms with van der Waals surface area (Å²) in [5.41, 5.74) is 0.160. The SMILES string of the molecule is [CH]1COC2(CCCCC2)[C@@H](Sc2ccccc2)C1. The summed E-state index contributed by atoms with van der Waals surface area (Å²) in [7, 11) is 0. The summed E-state index contributed by atoms with van der Waals surface area (Å²) in [5, 5.41) is 0.606. The Kier molecular flexibility index (Phi) is 3.95. The first kappa shape index (κ1) is 12.6. The summed E-state index contributed by atoms with van der Waals surface area (Å²) < 4.78 is 6.21. The molecule has 1 aliphatic carbocycles. The molecule has 0 bridgehead atoms. The van der Waals surface area contributed by atoms with Crippen LogP contribution in [0.1, 0.15) is 38.5 Å². The zero-order chi connectivity index (χ0) is 12.3. The molecule has 3 rings (SSSR count). The Hall–Kier alpha value is -0.470. The molecule has 18 heavy (non-hydrogen) atoms. The van der Waals surface area contributed by atoms with Crippen LogP contribution in [0.2, 0.25) is 0 Å². The molecule has 0 amide bonds. The molecule has 1 saturated heterocycles. The van der Waals surface area contributed by atoms with Crippen molar-refractivity contribution in [2.24, 2.45) is 0 Å². The van der Waals surface area contributed by atoms with Crippen molar-refractivity contribution in [1.82, 2.24) is 0 Å². The number of ether oxygens (including phenoxy) is 1. The number of thioether (sulfide) groups is 1. The fourth-order valence-electron chi connectivity index (χ4n) is 3.19. The third kappa shape index (κ3) is 2.60. The minimum absolute atomic E-state index is 0.160. The summed E-state index contributed by atoms with van der Waals surface area (Å²) >= 11 is 2.01. The zero-order valence-corrected chi connectivity index (χ0v) is 11.6. The molecule has 1 aliphatic heterocycles. The average Bonchev–Trinajstić information content (AvgIpc) is 2.44. The molecule has 1 aromatic rings. The van der Waals surface area contributed by atoms with E-state index < -0.39 is 0 Å². The molecule has 1 spiro atoms. The third-order valence-corrected chi connectivity index (χ3v) is 5.63. The van der Waals surface area contributed by atoms with Gasteiger partial charge < -0.3 is 4.74 Å². The molecule has 97 valence electrons. The fourth-order valence-corrected chi connectivity index (χ4v) is 4.58. The van der Waals surface area contributed by atoms with Crippen molar-refractivity contribution in [3.05, 3.63) is 36.8 Å². The normalized spacial score (nSPS) is 27.2. The number of hydrogen-bond acceptors (Lipinski definition) is 2. The Balaban J connectivity index is 1.75. The van der Waals surface area contributed by atoms with Gasteiger partial charge in [-0.3, -0.25) is 0 Å². The monoisotopic (exact) mass is 261 g/mol. The van der Waals surface area contributed by atoms with Crippen LogP contribution in [0.5, 0.6) is 0 Å². The molecular weight excluding hydrogens is 240 g/mol. The smallest absolute Gasteiger partial charge is 0.0804 e. The maximum atomic E-state index is 6.21. The van der Waals surface area contributed by atoms with E-state index in [1.807, 2.05) is 11.8 Å². The van der Waals surface area contributed by atoms with Gasteiger partial charge in [0, 0.05) is 10.1 Å². The van der Waals surface area contributed by atoms with Gasteiger partial charge in [0.1, 0.15) is 0 Å². The topological polar surface area (TPSA) is 9.23 Å². The van der Waals surface area contributed by atoms with Gasteiger partial charge >= 0.3 is 0 Å². The molecular formula is C16H21OS. The summed E-state index contributed by atoms with van der Waals surface area (Å²) in [6, 6.07) is 10.8. The Morgan fingerprint density at radius 1 is 1.06 bits per heavy atom. The van der Waals surface area contributed by atoms with Crippen molar-refractivity contribution < 1.29 is 4.74 Å². The molecule has 2 heteroatoms. The standard InChI is InChI=1S/C16H21OS/c1-3-8-14(9-4-1)18-15-10-7-13-17-16(15)11-5-2-6-12-16/h1,3-4,7-9,15H,2,5-6,10-13H2/t15-/m0/s1. The van der Waals surface area contributed by atoms with Crippen LogP contribution >= 0.6 is 11.8 Å². The number of benzene rings is 1. The van der Waals surface area contributed by atoms with Crippen LogP contribution in [0.3, 0.4) is 0 Å². The van der Waals surface area contributed by atoms with Crippen LogP contribution in [0.25, 0.3) is 0 Å². The molecule has 2 aliphatic rings. The van der Waals surface area contributed by atoms with E-state index in [0.29, 0.717) is 5.25 Å². The van der Waals surface area contributed by atoms with Crippen molar-refractivity contribution >= 4 is 11.8 Å². The van der Waals surface area contributed by atoms with Gasteiger partial charge in [-0.15, -0.1) is 11.8 Å². The van der Waals surface area contributed by atoms with Crippen molar-refractivity contribution in [2.45, 2.75) is 54.3 Å². The lowest BCUT2D eigenvalue weighted by Crippen LogP contribution is -2.48. The fraction of sp³-hybridized carbons (Fsp3) is 0.562. The van der Waals surface area contributed by atoms with Gasteiger partial charge in [0.25, 0.3) is 0 Å². The highest BCUT2D eigenvalue weighted by atomic mass is 32.2. The molecule has 1 aromatic carbocycles. The Labute approximate surface area is 114 Å². The second kappa shape index (κ2) is 5.66. The van der Waals surface area contributed by atoms with Crippen LogP contribution in [-0.4, -0.2) is 17.5 Å². The quantitative estimate of drug-likeness (QED) is 0.776. The van der Waals surface area contributed by atoms with E-state index in [-0.39, 0.29) is 5.60 Å². The van der Waals surface area contributed by atoms with Gasteiger partial charge in [-0.05, 0) is 37.8 Å². The lowest BCUT2D eigenvalue weighted by Gasteiger charge is -2.46. The van der Waals surface area contributed by atoms with Gasteiger partial charge in [-0.2, -0.15) is 0 Å². The van der Waals surface area contributed by atoms with Crippen molar-refractivity contribution in [2.75, 3.05) is 6.61 Å². The minimum Gasteiger partial charge on any atom is -0.374 e. The number of hydrogen-bond donors (Lipinski definition) is 0. The van der Waals surface area contributed by atoms with E-state index >= 15 is 0 Å². The van der Waals surface area contributed by atoms with E-state index in [4.69, 9.17) is 4.74 Å². The predicted molar refractivity (Wildman–Crippen MR) is 76.8 cm³/mol. The van der Waals surface area contributed by atoms with Gasteiger partial charge in [0.2, 0.25) is 0 Å². The minimum atomic E-state index is 0.160. The first-order valence-corrected chi connectivity index (χ1v) is 7.94. The average molecular weight is 261 g/mol. The Morgan fingerprint density at radius 2 is 1.83 bits per heavy atom. The summed E-state index contributed by atoms with van der Waals surface area (Å²) in [5.74, 6) is 0. The largest absolute Gasteiger partial charge is 0.374 e. The molecule has 1 atom stereocenters. The summed E-state index contributed by atoms with van der Waals surface area (Å²) in [6.07, 6.45) is 10.1. The highest BCUT2D eigenvalue weighted by Gasteiger charge is 2.43. The summed E-state index contributed by atoms with van der Waals surface area (Å²) in [4.78, 5) is 1.38. The van der Waals surface area contributed by atoms with Crippen LogP contribution in [0, 0.1) is 6.42 Å². The Bertz CT molecular complexity index is 362. The van der Waals surface area contributed by atoms with E-state index in [1.165, 1.54) is 43.4 Å². The van der Waals surface area contributed by atoms with E-state index in [9.17, 15) is 0 Å². The first-order valence-electron chi connectivity index (χ1n) is 7.06. The molecule has 0 aromatic heterocycles. The van der Waals surface area contributed by atoms with E-state index in [1.54, 1.807) is 0 Å². The molecule has 0 N–H and O–H groups in total. The second-order valence-electron chi connectivity index (χ2n) is 5.38. The summed E-state index contributed by atoms with van der Waals surface area (Å²) in [6.45, 7) is 0.853. The van der Waals surface area contributed by atoms with Crippen LogP contribution in [-0.2, 0) is 4.74 Å². The highest BCUT2D eigenvalue weighted by molar-refractivity contribution is 8.00. The maximum Gasteiger partial charge on any atom is 0.0804 e. The van der Waals surface area contributed by atoms with Gasteiger partial charge in [-0.1, -0.05) is 37.5 Å². The van der Waals surface area contributed by atoms with E-state index in [2.05, 4.69) is 36.8 Å². The number of rotatable bonds is 2. The van der Waals surface area contributed by atoms with Gasteiger partial charge in [0.05, 0.1) is 12.2 Å². The molecule has 1 radical (unpaired) electrons. The molecule has 1 saturated carbocycles. The van der Waals surface area contributed by atoms with Gasteiger partial charge in [0.15, 0.2) is 0 Å². The van der Waals surface area contributed by atoms with Crippen LogP contribution < -0.4 is 0 Å². The third-order valence-electron chi connectivity index (χ3n) is 4.18. The van der Waals surface area contributed by atoms with Crippen molar-refractivity contribution in [3.8, 4) is 0 Å². The van der Waals surface area contributed by atoms with Gasteiger partial charge in [-0.25, -0.2) is 0 Å². The van der Waals surface area contributed by atoms with Crippen molar-refractivity contribution in [3.63, 3.8) is 0 Å². The van der Waals surface area contributed by atoms with Crippen LogP contribution in [0.4, 0.5) is 0 Å².